The Balaban J connectivity index is 2.66. The average Bonchev–Trinajstić information content (AvgIpc) is 2.45. The third kappa shape index (κ3) is 1.54. The van der Waals surface area contributed by atoms with Gasteiger partial charge >= 0.3 is 0 Å². The molecule has 15 heavy (non-hydrogen) atoms. The molecule has 0 atom stereocenters. The number of hydrogen-bond donors (Lipinski definition) is 1. The highest BCUT2D eigenvalue weighted by molar-refractivity contribution is 5.85. The van der Waals surface area contributed by atoms with Crippen molar-refractivity contribution in [3.8, 4) is 0 Å². The third-order valence-corrected chi connectivity index (χ3v) is 3.12. The lowest BCUT2D eigenvalue weighted by Gasteiger charge is -2.01. The van der Waals surface area contributed by atoms with Crippen LogP contribution < -0.4 is 5.90 Å². The number of aryl methyl sites for hydroxylation is 2. The summed E-state index contributed by atoms with van der Waals surface area (Å²) in [6.45, 7) is 4.74. The second kappa shape index (κ2) is 3.68. The number of aromatic nitrogens is 1. The van der Waals surface area contributed by atoms with E-state index in [4.69, 9.17) is 5.90 Å². The van der Waals surface area contributed by atoms with Gasteiger partial charge in [0.1, 0.15) is 0 Å². The Bertz CT molecular complexity index is 500. The van der Waals surface area contributed by atoms with Gasteiger partial charge in [0, 0.05) is 23.6 Å². The van der Waals surface area contributed by atoms with Crippen molar-refractivity contribution in [3.63, 3.8) is 0 Å². The first-order valence-electron chi connectivity index (χ1n) is 5.01. The highest BCUT2D eigenvalue weighted by Crippen LogP contribution is 2.25. The number of rotatable bonds is 2. The van der Waals surface area contributed by atoms with Crippen LogP contribution in [-0.4, -0.2) is 4.57 Å². The van der Waals surface area contributed by atoms with Crippen LogP contribution in [0.1, 0.15) is 16.8 Å². The second-order valence-electron chi connectivity index (χ2n) is 3.93. The Labute approximate surface area is 89.4 Å². The number of hydrogen-bond acceptors (Lipinski definition) is 2. The van der Waals surface area contributed by atoms with Crippen LogP contribution in [0.3, 0.4) is 0 Å². The fraction of sp³-hybridized carbons (Fsp3) is 0.333. The summed E-state index contributed by atoms with van der Waals surface area (Å²) in [6, 6.07) is 6.31. The summed E-state index contributed by atoms with van der Waals surface area (Å²) in [5.41, 5.74) is 4.99. The first-order valence-corrected chi connectivity index (χ1v) is 5.01. The van der Waals surface area contributed by atoms with Gasteiger partial charge in [-0.1, -0.05) is 6.07 Å². The zero-order valence-corrected chi connectivity index (χ0v) is 9.37. The summed E-state index contributed by atoms with van der Waals surface area (Å²) >= 11 is 0. The number of benzene rings is 1. The zero-order chi connectivity index (χ0) is 11.0. The molecule has 1 aromatic heterocycles. The van der Waals surface area contributed by atoms with E-state index in [2.05, 4.69) is 42.4 Å². The molecule has 0 aliphatic heterocycles. The lowest BCUT2D eigenvalue weighted by molar-refractivity contribution is 0.124. The van der Waals surface area contributed by atoms with Crippen LogP contribution in [0.5, 0.6) is 0 Å². The molecule has 0 aliphatic rings. The maximum Gasteiger partial charge on any atom is 0.0930 e. The van der Waals surface area contributed by atoms with E-state index in [1.54, 1.807) is 0 Å². The highest BCUT2D eigenvalue weighted by Gasteiger charge is 2.08. The molecule has 0 saturated carbocycles. The molecule has 0 amide bonds. The van der Waals surface area contributed by atoms with E-state index >= 15 is 0 Å². The van der Waals surface area contributed by atoms with Crippen molar-refractivity contribution in [1.29, 1.82) is 0 Å². The molecule has 80 valence electrons. The molecule has 0 spiro atoms. The molecule has 1 aromatic carbocycles. The number of fused-ring (bicyclic) bond motifs is 1. The van der Waals surface area contributed by atoms with Crippen molar-refractivity contribution in [2.75, 3.05) is 0 Å². The van der Waals surface area contributed by atoms with Crippen LogP contribution >= 0.6 is 0 Å². The van der Waals surface area contributed by atoms with E-state index in [-0.39, 0.29) is 0 Å². The SMILES string of the molecule is Cc1c(C)n(C)c2ccc(CON)cc12. The van der Waals surface area contributed by atoms with Crippen LogP contribution in [0.2, 0.25) is 0 Å². The Morgan fingerprint density at radius 1 is 1.33 bits per heavy atom. The molecule has 0 unspecified atom stereocenters. The van der Waals surface area contributed by atoms with Gasteiger partial charge in [0.15, 0.2) is 0 Å². The first kappa shape index (κ1) is 10.2. The standard InChI is InChI=1S/C12H16N2O/c1-8-9(2)14(3)12-5-4-10(7-15-13)6-11(8)12/h4-6H,7,13H2,1-3H3. The number of nitrogens with two attached hydrogens (primary N) is 1. The molecule has 0 fully saturated rings. The first-order chi connectivity index (χ1) is 7.15. The van der Waals surface area contributed by atoms with Crippen molar-refractivity contribution < 1.29 is 4.84 Å². The molecule has 2 rings (SSSR count). The quantitative estimate of drug-likeness (QED) is 0.762. The summed E-state index contributed by atoms with van der Waals surface area (Å²) in [4.78, 5) is 4.65. The molecule has 0 radical (unpaired) electrons. The molecule has 1 heterocycles. The molecule has 3 heteroatoms. The average molecular weight is 204 g/mol. The molecule has 0 bridgehead atoms. The van der Waals surface area contributed by atoms with Gasteiger partial charge in [0.05, 0.1) is 6.61 Å². The Kier molecular flexibility index (Phi) is 2.50. The van der Waals surface area contributed by atoms with Gasteiger partial charge < -0.3 is 4.57 Å². The molecule has 0 saturated heterocycles. The fourth-order valence-corrected chi connectivity index (χ4v) is 1.99. The third-order valence-electron chi connectivity index (χ3n) is 3.12. The topological polar surface area (TPSA) is 40.2 Å². The summed E-state index contributed by atoms with van der Waals surface area (Å²) in [6.07, 6.45) is 0. The highest BCUT2D eigenvalue weighted by atomic mass is 16.6. The monoisotopic (exact) mass is 204 g/mol. The minimum Gasteiger partial charge on any atom is -0.348 e. The number of nitrogens with zero attached hydrogens (tertiary/aromatic N) is 1. The molecule has 2 N–H and O–H groups in total. The molecular formula is C12H16N2O. The van der Waals surface area contributed by atoms with Crippen molar-refractivity contribution in [2.24, 2.45) is 12.9 Å². The lowest BCUT2D eigenvalue weighted by atomic mass is 10.1. The Morgan fingerprint density at radius 3 is 2.73 bits per heavy atom. The second-order valence-corrected chi connectivity index (χ2v) is 3.93. The van der Waals surface area contributed by atoms with Crippen LogP contribution in [0.4, 0.5) is 0 Å². The van der Waals surface area contributed by atoms with Gasteiger partial charge in [0.2, 0.25) is 0 Å². The molecule has 2 aromatic rings. The van der Waals surface area contributed by atoms with Gasteiger partial charge in [-0.05, 0) is 37.1 Å². The van der Waals surface area contributed by atoms with Gasteiger partial charge in [-0.15, -0.1) is 0 Å². The molecule has 0 aliphatic carbocycles. The van der Waals surface area contributed by atoms with E-state index in [0.29, 0.717) is 6.61 Å². The van der Waals surface area contributed by atoms with Gasteiger partial charge in [-0.3, -0.25) is 4.84 Å². The Hall–Kier alpha value is -1.32. The van der Waals surface area contributed by atoms with Gasteiger partial charge in [-0.25, -0.2) is 5.90 Å². The van der Waals surface area contributed by atoms with E-state index < -0.39 is 0 Å². The smallest absolute Gasteiger partial charge is 0.0930 e. The lowest BCUT2D eigenvalue weighted by Crippen LogP contribution is -1.98. The van der Waals surface area contributed by atoms with Crippen molar-refractivity contribution in [2.45, 2.75) is 20.5 Å². The zero-order valence-electron chi connectivity index (χ0n) is 9.37. The van der Waals surface area contributed by atoms with E-state index in [9.17, 15) is 0 Å². The van der Waals surface area contributed by atoms with Crippen LogP contribution in [-0.2, 0) is 18.5 Å². The van der Waals surface area contributed by atoms with Gasteiger partial charge in [0.25, 0.3) is 0 Å². The summed E-state index contributed by atoms with van der Waals surface area (Å²) in [5, 5.41) is 1.28. The van der Waals surface area contributed by atoms with E-state index in [0.717, 1.165) is 5.56 Å². The molecular weight excluding hydrogens is 188 g/mol. The maximum atomic E-state index is 5.07. The summed E-state index contributed by atoms with van der Waals surface area (Å²) in [5.74, 6) is 5.07. The van der Waals surface area contributed by atoms with E-state index in [1.807, 2.05) is 6.07 Å². The largest absolute Gasteiger partial charge is 0.348 e. The van der Waals surface area contributed by atoms with Crippen LogP contribution in [0.25, 0.3) is 10.9 Å². The Morgan fingerprint density at radius 2 is 2.07 bits per heavy atom. The predicted molar refractivity (Wildman–Crippen MR) is 61.4 cm³/mol. The minimum absolute atomic E-state index is 0.462. The predicted octanol–water partition coefficient (Wildman–Crippen LogP) is 2.19. The van der Waals surface area contributed by atoms with Crippen LogP contribution in [0.15, 0.2) is 18.2 Å². The minimum atomic E-state index is 0.462. The van der Waals surface area contributed by atoms with Crippen molar-refractivity contribution in [1.82, 2.24) is 4.57 Å². The van der Waals surface area contributed by atoms with Crippen molar-refractivity contribution >= 4 is 10.9 Å². The summed E-state index contributed by atoms with van der Waals surface area (Å²) < 4.78 is 2.21. The van der Waals surface area contributed by atoms with E-state index in [1.165, 1.54) is 22.2 Å². The normalized spacial score (nSPS) is 11.2. The molecule has 3 nitrogen and oxygen atoms in total. The van der Waals surface area contributed by atoms with Crippen LogP contribution in [0, 0.1) is 13.8 Å². The summed E-state index contributed by atoms with van der Waals surface area (Å²) in [7, 11) is 2.09. The van der Waals surface area contributed by atoms with Gasteiger partial charge in [-0.2, -0.15) is 0 Å². The maximum absolute atomic E-state index is 5.07. The van der Waals surface area contributed by atoms with Crippen molar-refractivity contribution in [3.05, 3.63) is 35.0 Å². The fourth-order valence-electron chi connectivity index (χ4n) is 1.99.